The number of aromatic amines is 1. The van der Waals surface area contributed by atoms with Gasteiger partial charge in [0.1, 0.15) is 0 Å². The summed E-state index contributed by atoms with van der Waals surface area (Å²) in [4.78, 5) is 28.8. The minimum atomic E-state index is -0.980. The first-order valence-electron chi connectivity index (χ1n) is 5.47. The second-order valence-electron chi connectivity index (χ2n) is 3.69. The first-order valence-corrected chi connectivity index (χ1v) is 5.47. The lowest BCUT2D eigenvalue weighted by atomic mass is 10.1. The third kappa shape index (κ3) is 3.53. The van der Waals surface area contributed by atoms with Gasteiger partial charge in [-0.05, 0) is 23.8 Å². The van der Waals surface area contributed by atoms with E-state index in [-0.39, 0.29) is 11.5 Å². The number of carbonyl (C=O) groups is 2. The number of rotatable bonds is 4. The van der Waals surface area contributed by atoms with Crippen molar-refractivity contribution in [2.24, 2.45) is 0 Å². The van der Waals surface area contributed by atoms with Gasteiger partial charge in [0.25, 0.3) is 5.91 Å². The van der Waals surface area contributed by atoms with Crippen molar-refractivity contribution in [2.75, 3.05) is 5.32 Å². The van der Waals surface area contributed by atoms with Gasteiger partial charge in [-0.1, -0.05) is 12.1 Å². The number of nitrogens with one attached hydrogen (secondary N) is 2. The summed E-state index contributed by atoms with van der Waals surface area (Å²) in [6, 6.07) is 6.21. The average molecular weight is 257 g/mol. The summed E-state index contributed by atoms with van der Waals surface area (Å²) in [6.45, 7) is 0. The summed E-state index contributed by atoms with van der Waals surface area (Å²) >= 11 is 0. The fourth-order valence-electron chi connectivity index (χ4n) is 1.40. The molecule has 96 valence electrons. The molecule has 0 bridgehead atoms. The smallest absolute Gasteiger partial charge is 0.335 e. The van der Waals surface area contributed by atoms with Crippen molar-refractivity contribution in [3.63, 3.8) is 0 Å². The van der Waals surface area contributed by atoms with Gasteiger partial charge in [-0.2, -0.15) is 0 Å². The normalized spacial score (nSPS) is 10.5. The number of carboxylic acids is 1. The second kappa shape index (κ2) is 5.63. The lowest BCUT2D eigenvalue weighted by Gasteiger charge is -1.97. The molecule has 0 saturated carbocycles. The van der Waals surface area contributed by atoms with Crippen LogP contribution in [0.15, 0.2) is 42.7 Å². The number of amides is 1. The zero-order valence-electron chi connectivity index (χ0n) is 9.83. The lowest BCUT2D eigenvalue weighted by Crippen LogP contribution is -2.08. The third-order valence-electron chi connectivity index (χ3n) is 2.32. The van der Waals surface area contributed by atoms with Gasteiger partial charge in [0.05, 0.1) is 5.56 Å². The molecular weight excluding hydrogens is 246 g/mol. The molecule has 0 saturated heterocycles. The molecule has 0 radical (unpaired) electrons. The van der Waals surface area contributed by atoms with Crippen LogP contribution < -0.4 is 5.32 Å². The predicted octanol–water partition coefficient (Wildman–Crippen LogP) is 1.76. The van der Waals surface area contributed by atoms with Crippen molar-refractivity contribution >= 4 is 23.9 Å². The number of anilines is 1. The van der Waals surface area contributed by atoms with Crippen LogP contribution in [0.4, 0.5) is 5.95 Å². The van der Waals surface area contributed by atoms with E-state index in [1.165, 1.54) is 24.4 Å². The zero-order chi connectivity index (χ0) is 13.7. The van der Waals surface area contributed by atoms with Crippen LogP contribution in [-0.4, -0.2) is 27.0 Å². The van der Waals surface area contributed by atoms with Crippen molar-refractivity contribution in [1.29, 1.82) is 0 Å². The highest BCUT2D eigenvalue weighted by Gasteiger charge is 2.01. The Balaban J connectivity index is 1.98. The van der Waals surface area contributed by atoms with Crippen LogP contribution in [0.25, 0.3) is 6.08 Å². The number of aromatic nitrogens is 2. The Kier molecular flexibility index (Phi) is 3.72. The third-order valence-corrected chi connectivity index (χ3v) is 2.32. The number of nitrogens with zero attached hydrogens (tertiary/aromatic N) is 1. The van der Waals surface area contributed by atoms with E-state index >= 15 is 0 Å². The number of hydrogen-bond acceptors (Lipinski definition) is 3. The van der Waals surface area contributed by atoms with Crippen molar-refractivity contribution in [2.45, 2.75) is 0 Å². The number of carboxylic acid groups (broad SMARTS) is 1. The molecule has 1 heterocycles. The SMILES string of the molecule is O=C(/C=C/c1ccc(C(=O)O)cc1)Nc1ncc[nH]1. The maximum Gasteiger partial charge on any atom is 0.335 e. The van der Waals surface area contributed by atoms with Crippen LogP contribution in [0, 0.1) is 0 Å². The lowest BCUT2D eigenvalue weighted by molar-refractivity contribution is -0.111. The van der Waals surface area contributed by atoms with Crippen molar-refractivity contribution in [1.82, 2.24) is 9.97 Å². The Hall–Kier alpha value is -2.89. The number of imidazole rings is 1. The summed E-state index contributed by atoms with van der Waals surface area (Å²) in [5, 5.41) is 11.3. The van der Waals surface area contributed by atoms with Crippen molar-refractivity contribution in [3.05, 3.63) is 53.9 Å². The van der Waals surface area contributed by atoms with E-state index < -0.39 is 5.97 Å². The van der Waals surface area contributed by atoms with Crippen molar-refractivity contribution < 1.29 is 14.7 Å². The van der Waals surface area contributed by atoms with Gasteiger partial charge >= 0.3 is 5.97 Å². The summed E-state index contributed by atoms with van der Waals surface area (Å²) in [5.41, 5.74) is 0.941. The van der Waals surface area contributed by atoms with Crippen LogP contribution in [-0.2, 0) is 4.79 Å². The van der Waals surface area contributed by atoms with Crippen LogP contribution in [0.1, 0.15) is 15.9 Å². The molecule has 6 nitrogen and oxygen atoms in total. The molecule has 19 heavy (non-hydrogen) atoms. The first kappa shape index (κ1) is 12.6. The molecule has 1 amide bonds. The van der Waals surface area contributed by atoms with Crippen LogP contribution in [0.5, 0.6) is 0 Å². The van der Waals surface area contributed by atoms with Gasteiger partial charge in [0.2, 0.25) is 5.95 Å². The van der Waals surface area contributed by atoms with E-state index in [0.29, 0.717) is 5.95 Å². The van der Waals surface area contributed by atoms with Gasteiger partial charge in [-0.3, -0.25) is 10.1 Å². The van der Waals surface area contributed by atoms with Gasteiger partial charge < -0.3 is 10.1 Å². The minimum Gasteiger partial charge on any atom is -0.478 e. The molecule has 3 N–H and O–H groups in total. The Morgan fingerprint density at radius 1 is 1.26 bits per heavy atom. The Labute approximate surface area is 108 Å². The molecule has 2 rings (SSSR count). The molecule has 0 fully saturated rings. The molecule has 0 unspecified atom stereocenters. The summed E-state index contributed by atoms with van der Waals surface area (Å²) in [7, 11) is 0. The number of carbonyl (C=O) groups excluding carboxylic acids is 1. The van der Waals surface area contributed by atoms with E-state index in [1.54, 1.807) is 24.4 Å². The van der Waals surface area contributed by atoms with E-state index in [2.05, 4.69) is 15.3 Å². The summed E-state index contributed by atoms with van der Waals surface area (Å²) < 4.78 is 0. The Bertz CT molecular complexity index is 601. The standard InChI is InChI=1S/C13H11N3O3/c17-11(16-13-14-7-8-15-13)6-3-9-1-4-10(5-2-9)12(18)19/h1-8H,(H,18,19)(H2,14,15,16,17)/b6-3+. The summed E-state index contributed by atoms with van der Waals surface area (Å²) in [6.07, 6.45) is 6.07. The maximum absolute atomic E-state index is 11.5. The second-order valence-corrected chi connectivity index (χ2v) is 3.69. The highest BCUT2D eigenvalue weighted by atomic mass is 16.4. The summed E-state index contributed by atoms with van der Waals surface area (Å²) in [5.74, 6) is -0.931. The number of aromatic carboxylic acids is 1. The van der Waals surface area contributed by atoms with Gasteiger partial charge in [0.15, 0.2) is 0 Å². The molecule has 0 spiro atoms. The Morgan fingerprint density at radius 3 is 2.58 bits per heavy atom. The number of benzene rings is 1. The fraction of sp³-hybridized carbons (Fsp3) is 0. The maximum atomic E-state index is 11.5. The first-order chi connectivity index (χ1) is 9.15. The molecule has 6 heteroatoms. The molecule has 1 aromatic heterocycles. The number of H-pyrrole nitrogens is 1. The molecule has 0 atom stereocenters. The molecule has 0 aliphatic carbocycles. The van der Waals surface area contributed by atoms with Crippen LogP contribution >= 0.6 is 0 Å². The average Bonchev–Trinajstić information content (AvgIpc) is 2.89. The van der Waals surface area contributed by atoms with Crippen LogP contribution in [0.2, 0.25) is 0 Å². The monoisotopic (exact) mass is 257 g/mol. The molecular formula is C13H11N3O3. The van der Waals surface area contributed by atoms with E-state index in [9.17, 15) is 9.59 Å². The van der Waals surface area contributed by atoms with E-state index in [0.717, 1.165) is 5.56 Å². The minimum absolute atomic E-state index is 0.206. The van der Waals surface area contributed by atoms with Gasteiger partial charge in [-0.25, -0.2) is 9.78 Å². The van der Waals surface area contributed by atoms with E-state index in [4.69, 9.17) is 5.11 Å². The zero-order valence-corrected chi connectivity index (χ0v) is 9.83. The molecule has 0 aliphatic rings. The van der Waals surface area contributed by atoms with Crippen molar-refractivity contribution in [3.8, 4) is 0 Å². The Morgan fingerprint density at radius 2 is 2.00 bits per heavy atom. The van der Waals surface area contributed by atoms with E-state index in [1.807, 2.05) is 0 Å². The molecule has 2 aromatic rings. The van der Waals surface area contributed by atoms with Gasteiger partial charge in [-0.15, -0.1) is 0 Å². The number of hydrogen-bond donors (Lipinski definition) is 3. The quantitative estimate of drug-likeness (QED) is 0.727. The topological polar surface area (TPSA) is 95.1 Å². The molecule has 1 aromatic carbocycles. The van der Waals surface area contributed by atoms with Crippen LogP contribution in [0.3, 0.4) is 0 Å². The largest absolute Gasteiger partial charge is 0.478 e. The predicted molar refractivity (Wildman–Crippen MR) is 69.7 cm³/mol. The highest BCUT2D eigenvalue weighted by Crippen LogP contribution is 2.06. The highest BCUT2D eigenvalue weighted by molar-refractivity contribution is 6.00. The molecule has 0 aliphatic heterocycles. The fourth-order valence-corrected chi connectivity index (χ4v) is 1.40. The van der Waals surface area contributed by atoms with Gasteiger partial charge in [0, 0.05) is 18.5 Å².